The first-order valence-corrected chi connectivity index (χ1v) is 9.87. The number of nitrogens with one attached hydrogen (secondary N) is 1. The minimum atomic E-state index is -4.59. The number of sulfonamides is 1. The normalized spacial score (nSPS) is 23.2. The predicted octanol–water partition coefficient (Wildman–Crippen LogP) is 2.87. The van der Waals surface area contributed by atoms with Crippen LogP contribution in [0.25, 0.3) is 0 Å². The average molecular weight is 394 g/mol. The van der Waals surface area contributed by atoms with Crippen LogP contribution in [-0.4, -0.2) is 50.7 Å². The van der Waals surface area contributed by atoms with Crippen molar-refractivity contribution in [3.05, 3.63) is 29.8 Å². The lowest BCUT2D eigenvalue weighted by Gasteiger charge is -2.45. The molecule has 1 aromatic carbocycles. The SMILES string of the molecule is C[C@@H]1CN(C(C)(C)CNS(=O)(=O)c2cccc(C(F)(F)F)c2)C[C@H](C)O1. The van der Waals surface area contributed by atoms with Crippen LogP contribution in [0.3, 0.4) is 0 Å². The Morgan fingerprint density at radius 2 is 1.77 bits per heavy atom. The summed E-state index contributed by atoms with van der Waals surface area (Å²) in [6, 6.07) is 3.74. The summed E-state index contributed by atoms with van der Waals surface area (Å²) in [7, 11) is -4.05. The second-order valence-electron chi connectivity index (χ2n) is 7.32. The number of hydrogen-bond acceptors (Lipinski definition) is 4. The van der Waals surface area contributed by atoms with E-state index in [9.17, 15) is 21.6 Å². The summed E-state index contributed by atoms with van der Waals surface area (Å²) >= 11 is 0. The minimum absolute atomic E-state index is 0.0260. The Hall–Kier alpha value is -1.16. The summed E-state index contributed by atoms with van der Waals surface area (Å²) in [5.41, 5.74) is -1.50. The Bertz CT molecular complexity index is 725. The van der Waals surface area contributed by atoms with Gasteiger partial charge >= 0.3 is 6.18 Å². The van der Waals surface area contributed by atoms with E-state index in [0.717, 1.165) is 18.2 Å². The molecule has 0 amide bonds. The van der Waals surface area contributed by atoms with Crippen molar-refractivity contribution in [2.75, 3.05) is 19.6 Å². The maximum atomic E-state index is 12.8. The highest BCUT2D eigenvalue weighted by atomic mass is 32.2. The molecule has 1 aromatic rings. The monoisotopic (exact) mass is 394 g/mol. The van der Waals surface area contributed by atoms with Gasteiger partial charge in [0.2, 0.25) is 10.0 Å². The topological polar surface area (TPSA) is 58.6 Å². The second-order valence-corrected chi connectivity index (χ2v) is 9.09. The molecule has 0 radical (unpaired) electrons. The van der Waals surface area contributed by atoms with Crippen LogP contribution in [0.2, 0.25) is 0 Å². The first kappa shape index (κ1) is 21.1. The predicted molar refractivity (Wildman–Crippen MR) is 92.3 cm³/mol. The standard InChI is InChI=1S/C17H25F3N2O3S/c1-12-9-22(10-13(2)25-12)16(3,4)11-21-26(23,24)15-7-5-6-14(8-15)17(18,19)20/h5-8,12-13,21H,9-11H2,1-4H3/t12-,13+. The van der Waals surface area contributed by atoms with E-state index in [-0.39, 0.29) is 18.8 Å². The van der Waals surface area contributed by atoms with Crippen LogP contribution in [-0.2, 0) is 20.9 Å². The van der Waals surface area contributed by atoms with Gasteiger partial charge in [0.15, 0.2) is 0 Å². The van der Waals surface area contributed by atoms with Gasteiger partial charge in [0, 0.05) is 25.2 Å². The number of alkyl halides is 3. The minimum Gasteiger partial charge on any atom is -0.373 e. The van der Waals surface area contributed by atoms with Crippen molar-refractivity contribution in [3.8, 4) is 0 Å². The zero-order valence-electron chi connectivity index (χ0n) is 15.3. The average Bonchev–Trinajstić information content (AvgIpc) is 2.52. The lowest BCUT2D eigenvalue weighted by atomic mass is 10.0. The molecule has 0 aromatic heterocycles. The molecule has 26 heavy (non-hydrogen) atoms. The van der Waals surface area contributed by atoms with Gasteiger partial charge in [-0.25, -0.2) is 13.1 Å². The number of benzene rings is 1. The molecule has 1 aliphatic heterocycles. The van der Waals surface area contributed by atoms with Gasteiger partial charge < -0.3 is 4.74 Å². The van der Waals surface area contributed by atoms with Crippen molar-refractivity contribution in [2.45, 2.75) is 56.5 Å². The molecule has 1 fully saturated rings. The van der Waals surface area contributed by atoms with Crippen LogP contribution in [0.15, 0.2) is 29.2 Å². The molecule has 1 N–H and O–H groups in total. The summed E-state index contributed by atoms with van der Waals surface area (Å²) in [5.74, 6) is 0. The third-order valence-electron chi connectivity index (χ3n) is 4.44. The molecule has 0 aliphatic carbocycles. The highest BCUT2D eigenvalue weighted by Gasteiger charge is 2.35. The number of halogens is 3. The van der Waals surface area contributed by atoms with Gasteiger partial charge in [-0.05, 0) is 45.9 Å². The van der Waals surface area contributed by atoms with E-state index in [0.29, 0.717) is 19.2 Å². The van der Waals surface area contributed by atoms with E-state index in [1.54, 1.807) is 0 Å². The zero-order chi connectivity index (χ0) is 19.8. The molecule has 5 nitrogen and oxygen atoms in total. The Morgan fingerprint density at radius 3 is 2.31 bits per heavy atom. The van der Waals surface area contributed by atoms with Crippen molar-refractivity contribution in [1.29, 1.82) is 0 Å². The van der Waals surface area contributed by atoms with Crippen molar-refractivity contribution in [2.24, 2.45) is 0 Å². The summed E-state index contributed by atoms with van der Waals surface area (Å²) < 4.78 is 71.5. The Morgan fingerprint density at radius 1 is 1.19 bits per heavy atom. The van der Waals surface area contributed by atoms with Crippen LogP contribution >= 0.6 is 0 Å². The number of rotatable bonds is 5. The lowest BCUT2D eigenvalue weighted by Crippen LogP contribution is -2.58. The fourth-order valence-electron chi connectivity index (χ4n) is 2.98. The largest absolute Gasteiger partial charge is 0.416 e. The van der Waals surface area contributed by atoms with Gasteiger partial charge in [-0.3, -0.25) is 4.90 Å². The zero-order valence-corrected chi connectivity index (χ0v) is 16.1. The van der Waals surface area contributed by atoms with E-state index in [1.807, 2.05) is 27.7 Å². The maximum absolute atomic E-state index is 12.8. The molecule has 9 heteroatoms. The fraction of sp³-hybridized carbons (Fsp3) is 0.647. The molecular weight excluding hydrogens is 369 g/mol. The molecule has 0 spiro atoms. The van der Waals surface area contributed by atoms with Gasteiger partial charge in [0.1, 0.15) is 0 Å². The quantitative estimate of drug-likeness (QED) is 0.834. The van der Waals surface area contributed by atoms with Crippen LogP contribution in [0.1, 0.15) is 33.3 Å². The van der Waals surface area contributed by atoms with Gasteiger partial charge in [-0.15, -0.1) is 0 Å². The third kappa shape index (κ3) is 5.18. The van der Waals surface area contributed by atoms with E-state index in [4.69, 9.17) is 4.74 Å². The molecule has 0 unspecified atom stereocenters. The molecule has 2 atom stereocenters. The second kappa shape index (κ2) is 7.46. The van der Waals surface area contributed by atoms with Crippen molar-refractivity contribution in [1.82, 2.24) is 9.62 Å². The van der Waals surface area contributed by atoms with E-state index < -0.39 is 32.2 Å². The summed E-state index contributed by atoms with van der Waals surface area (Å²) in [6.45, 7) is 9.08. The summed E-state index contributed by atoms with van der Waals surface area (Å²) in [6.07, 6.45) is -4.54. The van der Waals surface area contributed by atoms with Gasteiger partial charge in [0.05, 0.1) is 22.7 Å². The van der Waals surface area contributed by atoms with Crippen LogP contribution in [0, 0.1) is 0 Å². The van der Waals surface area contributed by atoms with E-state index >= 15 is 0 Å². The third-order valence-corrected chi connectivity index (χ3v) is 5.84. The lowest BCUT2D eigenvalue weighted by molar-refractivity contribution is -0.137. The molecule has 1 aliphatic rings. The van der Waals surface area contributed by atoms with E-state index in [1.165, 1.54) is 0 Å². The van der Waals surface area contributed by atoms with Gasteiger partial charge in [0.25, 0.3) is 0 Å². The Kier molecular flexibility index (Phi) is 6.06. The van der Waals surface area contributed by atoms with Crippen LogP contribution in [0.5, 0.6) is 0 Å². The summed E-state index contributed by atoms with van der Waals surface area (Å²) in [5, 5.41) is 0. The molecular formula is C17H25F3N2O3S. The highest BCUT2D eigenvalue weighted by Crippen LogP contribution is 2.30. The van der Waals surface area contributed by atoms with Crippen molar-refractivity contribution < 1.29 is 26.3 Å². The molecule has 148 valence electrons. The number of nitrogens with zero attached hydrogens (tertiary/aromatic N) is 1. The van der Waals surface area contributed by atoms with Crippen molar-refractivity contribution >= 4 is 10.0 Å². The fourth-order valence-corrected chi connectivity index (χ4v) is 4.23. The smallest absolute Gasteiger partial charge is 0.373 e. The van der Waals surface area contributed by atoms with Gasteiger partial charge in [-0.2, -0.15) is 13.2 Å². The van der Waals surface area contributed by atoms with Crippen LogP contribution < -0.4 is 4.72 Å². The molecule has 1 saturated heterocycles. The van der Waals surface area contributed by atoms with E-state index in [2.05, 4.69) is 9.62 Å². The molecule has 1 heterocycles. The molecule has 0 saturated carbocycles. The Labute approximate surface area is 152 Å². The first-order chi connectivity index (χ1) is 11.8. The highest BCUT2D eigenvalue weighted by molar-refractivity contribution is 7.89. The molecule has 2 rings (SSSR count). The number of hydrogen-bond donors (Lipinski definition) is 1. The van der Waals surface area contributed by atoms with Crippen molar-refractivity contribution in [3.63, 3.8) is 0 Å². The van der Waals surface area contributed by atoms with Crippen LogP contribution in [0.4, 0.5) is 13.2 Å². The maximum Gasteiger partial charge on any atom is 0.416 e. The Balaban J connectivity index is 2.12. The molecule has 0 bridgehead atoms. The first-order valence-electron chi connectivity index (χ1n) is 8.39. The summed E-state index contributed by atoms with van der Waals surface area (Å²) in [4.78, 5) is 1.73. The number of morpholine rings is 1. The van der Waals surface area contributed by atoms with Gasteiger partial charge in [-0.1, -0.05) is 6.07 Å². The number of ether oxygens (including phenoxy) is 1.